The molecular formula is C15H11N3O. The van der Waals surface area contributed by atoms with Gasteiger partial charge in [-0.3, -0.25) is 4.79 Å². The molecule has 4 nitrogen and oxygen atoms in total. The Kier molecular flexibility index (Phi) is 2.00. The lowest BCUT2D eigenvalue weighted by Crippen LogP contribution is -2.03. The van der Waals surface area contributed by atoms with E-state index in [9.17, 15) is 4.79 Å². The summed E-state index contributed by atoms with van der Waals surface area (Å²) in [5.41, 5.74) is 4.81. The molecule has 0 bridgehead atoms. The third-order valence-electron chi connectivity index (χ3n) is 3.38. The number of fused-ring (bicyclic) bond motifs is 2. The van der Waals surface area contributed by atoms with Crippen molar-refractivity contribution in [2.24, 2.45) is 0 Å². The van der Waals surface area contributed by atoms with E-state index >= 15 is 0 Å². The molecule has 3 aromatic rings. The molecule has 1 amide bonds. The van der Waals surface area contributed by atoms with E-state index in [1.165, 1.54) is 0 Å². The van der Waals surface area contributed by atoms with E-state index in [4.69, 9.17) is 0 Å². The molecule has 4 heteroatoms. The van der Waals surface area contributed by atoms with Crippen molar-refractivity contribution in [1.82, 2.24) is 9.97 Å². The first-order valence-corrected chi connectivity index (χ1v) is 6.17. The molecule has 0 aliphatic carbocycles. The van der Waals surface area contributed by atoms with Crippen LogP contribution in [-0.2, 0) is 11.2 Å². The summed E-state index contributed by atoms with van der Waals surface area (Å²) in [7, 11) is 0. The minimum atomic E-state index is 0.0472. The standard InChI is InChI=1S/C15H11N3O/c19-14-7-10-6-12-13(8-11(10)16-14)18-15(17-12)9-4-2-1-3-5-9/h1-6,8H,7H2,(H,16,19)(H,17,18). The van der Waals surface area contributed by atoms with Gasteiger partial charge in [-0.2, -0.15) is 0 Å². The quantitative estimate of drug-likeness (QED) is 0.696. The van der Waals surface area contributed by atoms with E-state index in [2.05, 4.69) is 15.3 Å². The summed E-state index contributed by atoms with van der Waals surface area (Å²) >= 11 is 0. The second kappa shape index (κ2) is 3.68. The lowest BCUT2D eigenvalue weighted by Gasteiger charge is -1.96. The van der Waals surface area contributed by atoms with Gasteiger partial charge >= 0.3 is 0 Å². The zero-order chi connectivity index (χ0) is 12.8. The third kappa shape index (κ3) is 1.61. The molecule has 0 saturated heterocycles. The number of carbonyl (C=O) groups is 1. The Hall–Kier alpha value is -2.62. The molecule has 0 fully saturated rings. The first-order chi connectivity index (χ1) is 9.29. The van der Waals surface area contributed by atoms with Gasteiger partial charge in [-0.05, 0) is 17.7 Å². The van der Waals surface area contributed by atoms with Crippen molar-refractivity contribution < 1.29 is 4.79 Å². The highest BCUT2D eigenvalue weighted by Crippen LogP contribution is 2.29. The molecule has 0 saturated carbocycles. The van der Waals surface area contributed by atoms with E-state index in [0.717, 1.165) is 33.7 Å². The molecule has 1 aliphatic heterocycles. The molecule has 0 spiro atoms. The maximum atomic E-state index is 11.3. The maximum absolute atomic E-state index is 11.3. The van der Waals surface area contributed by atoms with Gasteiger partial charge in [0.1, 0.15) is 5.82 Å². The highest BCUT2D eigenvalue weighted by Gasteiger charge is 2.19. The van der Waals surface area contributed by atoms with Crippen LogP contribution in [0.2, 0.25) is 0 Å². The van der Waals surface area contributed by atoms with E-state index in [0.29, 0.717) is 6.42 Å². The van der Waals surface area contributed by atoms with Crippen molar-refractivity contribution in [2.75, 3.05) is 5.32 Å². The Morgan fingerprint density at radius 3 is 2.79 bits per heavy atom. The lowest BCUT2D eigenvalue weighted by atomic mass is 10.1. The largest absolute Gasteiger partial charge is 0.338 e. The summed E-state index contributed by atoms with van der Waals surface area (Å²) in [5, 5.41) is 2.85. The number of aromatic amines is 1. The van der Waals surface area contributed by atoms with Gasteiger partial charge in [0, 0.05) is 11.3 Å². The monoisotopic (exact) mass is 249 g/mol. The van der Waals surface area contributed by atoms with Crippen LogP contribution in [0.25, 0.3) is 22.4 Å². The number of aromatic nitrogens is 2. The molecule has 2 aromatic carbocycles. The van der Waals surface area contributed by atoms with Gasteiger partial charge in [-0.25, -0.2) is 4.98 Å². The molecule has 1 aromatic heterocycles. The molecule has 0 unspecified atom stereocenters. The summed E-state index contributed by atoms with van der Waals surface area (Å²) in [6.45, 7) is 0. The number of amides is 1. The van der Waals surface area contributed by atoms with E-state index in [-0.39, 0.29) is 5.91 Å². The summed E-state index contributed by atoms with van der Waals surface area (Å²) in [4.78, 5) is 19.2. The topological polar surface area (TPSA) is 57.8 Å². The Morgan fingerprint density at radius 2 is 1.95 bits per heavy atom. The van der Waals surface area contributed by atoms with Gasteiger partial charge in [0.25, 0.3) is 0 Å². The SMILES string of the molecule is O=C1Cc2cc3[nH]c(-c4ccccc4)nc3cc2N1. The molecule has 2 heterocycles. The zero-order valence-corrected chi connectivity index (χ0v) is 10.1. The molecular weight excluding hydrogens is 238 g/mol. The van der Waals surface area contributed by atoms with E-state index in [1.807, 2.05) is 42.5 Å². The maximum Gasteiger partial charge on any atom is 0.228 e. The van der Waals surface area contributed by atoms with Gasteiger partial charge in [-0.1, -0.05) is 30.3 Å². The fraction of sp³-hybridized carbons (Fsp3) is 0.0667. The van der Waals surface area contributed by atoms with Gasteiger partial charge < -0.3 is 10.3 Å². The molecule has 0 radical (unpaired) electrons. The third-order valence-corrected chi connectivity index (χ3v) is 3.38. The van der Waals surface area contributed by atoms with Gasteiger partial charge in [0.05, 0.1) is 17.5 Å². The van der Waals surface area contributed by atoms with Crippen LogP contribution in [0.4, 0.5) is 5.69 Å². The van der Waals surface area contributed by atoms with Crippen molar-refractivity contribution >= 4 is 22.6 Å². The Labute approximate surface area is 109 Å². The number of nitrogens with one attached hydrogen (secondary N) is 2. The predicted molar refractivity (Wildman–Crippen MR) is 73.9 cm³/mol. The van der Waals surface area contributed by atoms with Gasteiger partial charge in [0.15, 0.2) is 0 Å². The van der Waals surface area contributed by atoms with Gasteiger partial charge in [-0.15, -0.1) is 0 Å². The highest BCUT2D eigenvalue weighted by atomic mass is 16.1. The Bertz CT molecular complexity index is 745. The van der Waals surface area contributed by atoms with Crippen molar-refractivity contribution in [2.45, 2.75) is 6.42 Å². The van der Waals surface area contributed by atoms with Crippen molar-refractivity contribution in [3.63, 3.8) is 0 Å². The summed E-state index contributed by atoms with van der Waals surface area (Å²) < 4.78 is 0. The fourth-order valence-corrected chi connectivity index (χ4v) is 2.46. The van der Waals surface area contributed by atoms with Crippen LogP contribution in [0.3, 0.4) is 0 Å². The number of benzene rings is 2. The average molecular weight is 249 g/mol. The number of H-pyrrole nitrogens is 1. The van der Waals surface area contributed by atoms with Crippen molar-refractivity contribution in [3.05, 3.63) is 48.0 Å². The Morgan fingerprint density at radius 1 is 1.11 bits per heavy atom. The zero-order valence-electron chi connectivity index (χ0n) is 10.1. The van der Waals surface area contributed by atoms with Crippen LogP contribution in [0.15, 0.2) is 42.5 Å². The van der Waals surface area contributed by atoms with Crippen LogP contribution < -0.4 is 5.32 Å². The number of anilines is 1. The van der Waals surface area contributed by atoms with Gasteiger partial charge in [0.2, 0.25) is 5.91 Å². The number of rotatable bonds is 1. The average Bonchev–Trinajstić information content (AvgIpc) is 2.98. The highest BCUT2D eigenvalue weighted by molar-refractivity contribution is 6.02. The minimum Gasteiger partial charge on any atom is -0.338 e. The first kappa shape index (κ1) is 10.3. The van der Waals surface area contributed by atoms with Crippen molar-refractivity contribution in [1.29, 1.82) is 0 Å². The summed E-state index contributed by atoms with van der Waals surface area (Å²) in [6, 6.07) is 13.9. The van der Waals surface area contributed by atoms with E-state index in [1.54, 1.807) is 0 Å². The second-order valence-electron chi connectivity index (χ2n) is 4.70. The van der Waals surface area contributed by atoms with Crippen LogP contribution in [0.5, 0.6) is 0 Å². The smallest absolute Gasteiger partial charge is 0.228 e. The minimum absolute atomic E-state index is 0.0472. The van der Waals surface area contributed by atoms with Crippen molar-refractivity contribution in [3.8, 4) is 11.4 Å². The van der Waals surface area contributed by atoms with E-state index < -0.39 is 0 Å². The number of imidazole rings is 1. The lowest BCUT2D eigenvalue weighted by molar-refractivity contribution is -0.115. The first-order valence-electron chi connectivity index (χ1n) is 6.17. The summed E-state index contributed by atoms with van der Waals surface area (Å²) in [6.07, 6.45) is 0.449. The molecule has 1 aliphatic rings. The molecule has 0 atom stereocenters. The Balaban J connectivity index is 1.88. The van der Waals surface area contributed by atoms with Crippen LogP contribution in [0.1, 0.15) is 5.56 Å². The summed E-state index contributed by atoms with van der Waals surface area (Å²) in [5.74, 6) is 0.900. The number of carbonyl (C=O) groups excluding carboxylic acids is 1. The predicted octanol–water partition coefficient (Wildman–Crippen LogP) is 2.72. The second-order valence-corrected chi connectivity index (χ2v) is 4.70. The molecule has 2 N–H and O–H groups in total. The number of nitrogens with zero attached hydrogens (tertiary/aromatic N) is 1. The number of hydrogen-bond acceptors (Lipinski definition) is 2. The van der Waals surface area contributed by atoms with Crippen LogP contribution >= 0.6 is 0 Å². The van der Waals surface area contributed by atoms with Crippen LogP contribution in [-0.4, -0.2) is 15.9 Å². The fourth-order valence-electron chi connectivity index (χ4n) is 2.46. The number of hydrogen-bond donors (Lipinski definition) is 2. The molecule has 19 heavy (non-hydrogen) atoms. The normalized spacial score (nSPS) is 13.6. The molecule has 92 valence electrons. The van der Waals surface area contributed by atoms with Crippen LogP contribution in [0, 0.1) is 0 Å². The molecule has 4 rings (SSSR count).